The van der Waals surface area contributed by atoms with Gasteiger partial charge in [0, 0.05) is 48.6 Å². The Balaban J connectivity index is 2.22. The quantitative estimate of drug-likeness (QED) is 0.441. The zero-order valence-corrected chi connectivity index (χ0v) is 17.5. The maximum absolute atomic E-state index is 13.1. The average molecular weight is 448 g/mol. The third-order valence-electron chi connectivity index (χ3n) is 3.95. The zero-order valence-electron chi connectivity index (χ0n) is 15.0. The van der Waals surface area contributed by atoms with E-state index in [0.717, 1.165) is 9.54 Å². The summed E-state index contributed by atoms with van der Waals surface area (Å²) in [5.74, 6) is -0.300. The summed E-state index contributed by atoms with van der Waals surface area (Å²) in [5, 5.41) is 0.466. The first-order chi connectivity index (χ1) is 12.7. The number of hydrogen-bond acceptors (Lipinski definition) is 5. The number of halogens is 1. The lowest BCUT2D eigenvalue weighted by atomic mass is 10.1. The lowest BCUT2D eigenvalue weighted by Crippen LogP contribution is -2.12. The molecule has 0 fully saturated rings. The number of allylic oxidation sites excluding steroid dienone is 1. The van der Waals surface area contributed by atoms with E-state index in [4.69, 9.17) is 0 Å². The van der Waals surface area contributed by atoms with E-state index >= 15 is 0 Å². The van der Waals surface area contributed by atoms with E-state index in [-0.39, 0.29) is 21.9 Å². The first kappa shape index (κ1) is 19.3. The fraction of sp³-hybridized carbons (Fsp3) is 0.158. The van der Waals surface area contributed by atoms with Gasteiger partial charge < -0.3 is 4.90 Å². The summed E-state index contributed by atoms with van der Waals surface area (Å²) in [6.07, 6.45) is 5.86. The van der Waals surface area contributed by atoms with Crippen molar-refractivity contribution in [1.82, 2.24) is 13.9 Å². The Hall–Kier alpha value is -2.45. The number of carbonyl (C=O) groups excluding carboxylic acids is 1. The minimum atomic E-state index is -3.89. The summed E-state index contributed by atoms with van der Waals surface area (Å²) in [6, 6.07) is 8.24. The molecule has 140 valence electrons. The minimum Gasteiger partial charge on any atom is -0.383 e. The van der Waals surface area contributed by atoms with Crippen LogP contribution in [0.15, 0.2) is 64.4 Å². The number of pyridine rings is 1. The van der Waals surface area contributed by atoms with E-state index < -0.39 is 10.0 Å². The van der Waals surface area contributed by atoms with Gasteiger partial charge in [-0.1, -0.05) is 17.7 Å². The molecule has 3 aromatic rings. The van der Waals surface area contributed by atoms with Crippen molar-refractivity contribution in [2.24, 2.45) is 0 Å². The molecular formula is C19H18BrN3O3S. The van der Waals surface area contributed by atoms with Crippen molar-refractivity contribution in [2.45, 2.75) is 11.8 Å². The maximum atomic E-state index is 13.1. The van der Waals surface area contributed by atoms with Crippen LogP contribution in [-0.4, -0.2) is 42.2 Å². The van der Waals surface area contributed by atoms with E-state index in [1.54, 1.807) is 55.5 Å². The highest BCUT2D eigenvalue weighted by Gasteiger charge is 2.24. The molecule has 0 aliphatic carbocycles. The van der Waals surface area contributed by atoms with Crippen LogP contribution in [0.2, 0.25) is 0 Å². The molecule has 0 amide bonds. The molecule has 27 heavy (non-hydrogen) atoms. The van der Waals surface area contributed by atoms with Crippen LogP contribution in [0.5, 0.6) is 0 Å². The van der Waals surface area contributed by atoms with E-state index in [2.05, 4.69) is 20.9 Å². The second-order valence-corrected chi connectivity index (χ2v) is 9.06. The van der Waals surface area contributed by atoms with Crippen LogP contribution in [0.4, 0.5) is 0 Å². The molecule has 0 saturated heterocycles. The van der Waals surface area contributed by atoms with E-state index in [1.807, 2.05) is 6.92 Å². The molecule has 1 aromatic carbocycles. The fourth-order valence-corrected chi connectivity index (χ4v) is 4.22. The number of fused-ring (bicyclic) bond motifs is 1. The number of carbonyl (C=O) groups is 1. The Morgan fingerprint density at radius 3 is 2.52 bits per heavy atom. The van der Waals surface area contributed by atoms with Gasteiger partial charge in [0.1, 0.15) is 0 Å². The van der Waals surface area contributed by atoms with Gasteiger partial charge in [0.25, 0.3) is 10.0 Å². The van der Waals surface area contributed by atoms with E-state index in [0.29, 0.717) is 9.86 Å². The Morgan fingerprint density at radius 1 is 1.22 bits per heavy atom. The third kappa shape index (κ3) is 3.81. The molecule has 0 atom stereocenters. The summed E-state index contributed by atoms with van der Waals surface area (Å²) in [6.45, 7) is 1.88. The number of nitrogens with zero attached hydrogens (tertiary/aromatic N) is 3. The minimum absolute atomic E-state index is 0.137. The highest BCUT2D eigenvalue weighted by Crippen LogP contribution is 2.27. The number of benzene rings is 1. The van der Waals surface area contributed by atoms with Crippen LogP contribution in [0.1, 0.15) is 15.9 Å². The lowest BCUT2D eigenvalue weighted by molar-refractivity contribution is 0.104. The van der Waals surface area contributed by atoms with Crippen molar-refractivity contribution in [3.05, 3.63) is 70.6 Å². The molecule has 2 heterocycles. The van der Waals surface area contributed by atoms with Crippen LogP contribution in [0, 0.1) is 6.92 Å². The monoisotopic (exact) mass is 447 g/mol. The van der Waals surface area contributed by atoms with Gasteiger partial charge in [0.05, 0.1) is 10.5 Å². The SMILES string of the molecule is Cc1ccc(S(=O)(=O)n2cc(C(=O)C=CN(C)C)c3cc(Br)cnc32)cc1. The van der Waals surface area contributed by atoms with Gasteiger partial charge in [-0.3, -0.25) is 4.79 Å². The van der Waals surface area contributed by atoms with E-state index in [9.17, 15) is 13.2 Å². The van der Waals surface area contributed by atoms with Gasteiger partial charge in [-0.15, -0.1) is 0 Å². The highest BCUT2D eigenvalue weighted by atomic mass is 79.9. The molecule has 0 spiro atoms. The normalized spacial score (nSPS) is 12.0. The number of aromatic nitrogens is 2. The molecule has 0 radical (unpaired) electrons. The van der Waals surface area contributed by atoms with Gasteiger partial charge in [-0.05, 0) is 41.1 Å². The summed E-state index contributed by atoms with van der Waals surface area (Å²) >= 11 is 3.33. The number of hydrogen-bond donors (Lipinski definition) is 0. The topological polar surface area (TPSA) is 72.3 Å². The maximum Gasteiger partial charge on any atom is 0.269 e. The Labute approximate surface area is 166 Å². The number of ketones is 1. The second kappa shape index (κ2) is 7.28. The molecule has 6 nitrogen and oxygen atoms in total. The summed E-state index contributed by atoms with van der Waals surface area (Å²) < 4.78 is 28.0. The van der Waals surface area contributed by atoms with Gasteiger partial charge in [0.2, 0.25) is 0 Å². The summed E-state index contributed by atoms with van der Waals surface area (Å²) in [5.41, 5.74) is 1.44. The smallest absolute Gasteiger partial charge is 0.269 e. The lowest BCUT2D eigenvalue weighted by Gasteiger charge is -2.07. The molecule has 0 aliphatic rings. The van der Waals surface area contributed by atoms with Gasteiger partial charge >= 0.3 is 0 Å². The molecule has 0 bridgehead atoms. The van der Waals surface area contributed by atoms with Crippen LogP contribution < -0.4 is 0 Å². The molecule has 0 unspecified atom stereocenters. The van der Waals surface area contributed by atoms with Crippen molar-refractivity contribution >= 4 is 42.8 Å². The third-order valence-corrected chi connectivity index (χ3v) is 6.04. The molecule has 0 N–H and O–H groups in total. The Kier molecular flexibility index (Phi) is 5.21. The first-order valence-electron chi connectivity index (χ1n) is 8.08. The van der Waals surface area contributed by atoms with Gasteiger partial charge in [-0.25, -0.2) is 17.4 Å². The zero-order chi connectivity index (χ0) is 19.8. The molecule has 8 heteroatoms. The van der Waals surface area contributed by atoms with Crippen molar-refractivity contribution in [3.8, 4) is 0 Å². The average Bonchev–Trinajstić information content (AvgIpc) is 2.99. The van der Waals surface area contributed by atoms with Crippen LogP contribution in [-0.2, 0) is 10.0 Å². The second-order valence-electron chi connectivity index (χ2n) is 6.32. The van der Waals surface area contributed by atoms with Gasteiger partial charge in [0.15, 0.2) is 11.4 Å². The molecule has 0 saturated carbocycles. The van der Waals surface area contributed by atoms with Crippen molar-refractivity contribution in [1.29, 1.82) is 0 Å². The predicted octanol–water partition coefficient (Wildman–Crippen LogP) is 3.60. The largest absolute Gasteiger partial charge is 0.383 e. The molecule has 0 aliphatic heterocycles. The standard InChI is InChI=1S/C19H18BrN3O3S/c1-13-4-6-15(7-5-13)27(25,26)23-12-17(18(24)8-9-22(2)3)16-10-14(20)11-21-19(16)23/h4-12H,1-3H3. The summed E-state index contributed by atoms with van der Waals surface area (Å²) in [7, 11) is -0.290. The molecule has 3 rings (SSSR count). The fourth-order valence-electron chi connectivity index (χ4n) is 2.56. The summed E-state index contributed by atoms with van der Waals surface area (Å²) in [4.78, 5) is 18.7. The first-order valence-corrected chi connectivity index (χ1v) is 10.3. The van der Waals surface area contributed by atoms with Crippen LogP contribution in [0.25, 0.3) is 11.0 Å². The Morgan fingerprint density at radius 2 is 1.89 bits per heavy atom. The van der Waals surface area contributed by atoms with Gasteiger partial charge in [-0.2, -0.15) is 0 Å². The van der Waals surface area contributed by atoms with Crippen molar-refractivity contribution in [3.63, 3.8) is 0 Å². The van der Waals surface area contributed by atoms with Crippen LogP contribution >= 0.6 is 15.9 Å². The Bertz CT molecular complexity index is 1150. The van der Waals surface area contributed by atoms with Crippen molar-refractivity contribution < 1.29 is 13.2 Å². The number of aryl methyl sites for hydroxylation is 1. The molecule has 2 aromatic heterocycles. The van der Waals surface area contributed by atoms with Crippen molar-refractivity contribution in [2.75, 3.05) is 14.1 Å². The predicted molar refractivity (Wildman–Crippen MR) is 108 cm³/mol. The van der Waals surface area contributed by atoms with Crippen LogP contribution in [0.3, 0.4) is 0 Å². The highest BCUT2D eigenvalue weighted by molar-refractivity contribution is 9.10. The number of rotatable bonds is 5. The molecular weight excluding hydrogens is 430 g/mol. The van der Waals surface area contributed by atoms with E-state index in [1.165, 1.54) is 18.5 Å².